The van der Waals surface area contributed by atoms with Gasteiger partial charge in [-0.15, -0.1) is 0 Å². The number of hydrogen-bond donors (Lipinski definition) is 2. The minimum atomic E-state index is -0.867. The summed E-state index contributed by atoms with van der Waals surface area (Å²) in [6.07, 6.45) is 2.02. The fourth-order valence-electron chi connectivity index (χ4n) is 1.20. The molecule has 1 aromatic heterocycles. The molecule has 82 valence electrons. The van der Waals surface area contributed by atoms with Crippen LogP contribution < -0.4 is 10.1 Å². The summed E-state index contributed by atoms with van der Waals surface area (Å²) in [5, 5.41) is 11.5. The molecule has 2 N–H and O–H groups in total. The molecule has 0 aliphatic heterocycles. The van der Waals surface area contributed by atoms with Gasteiger partial charge in [-0.05, 0) is 19.0 Å². The van der Waals surface area contributed by atoms with E-state index in [2.05, 4.69) is 10.3 Å². The lowest BCUT2D eigenvalue weighted by atomic mass is 10.1. The molecule has 0 saturated carbocycles. The van der Waals surface area contributed by atoms with Crippen molar-refractivity contribution in [1.29, 1.82) is 0 Å². The molecule has 0 saturated heterocycles. The van der Waals surface area contributed by atoms with Crippen molar-refractivity contribution in [3.8, 4) is 5.88 Å². The Balaban J connectivity index is 2.67. The highest BCUT2D eigenvalue weighted by Crippen LogP contribution is 2.08. The van der Waals surface area contributed by atoms with Gasteiger partial charge < -0.3 is 15.2 Å². The number of aliphatic carboxylic acids is 1. The zero-order valence-electron chi connectivity index (χ0n) is 8.73. The van der Waals surface area contributed by atoms with Gasteiger partial charge in [0.1, 0.15) is 6.04 Å². The molecule has 1 rings (SSSR count). The summed E-state index contributed by atoms with van der Waals surface area (Å²) < 4.78 is 4.90. The average Bonchev–Trinajstić information content (AvgIpc) is 2.26. The van der Waals surface area contributed by atoms with Crippen molar-refractivity contribution in [1.82, 2.24) is 10.3 Å². The van der Waals surface area contributed by atoms with Crippen molar-refractivity contribution in [2.75, 3.05) is 14.2 Å². The second kappa shape index (κ2) is 5.31. The molecule has 1 unspecified atom stereocenters. The second-order valence-electron chi connectivity index (χ2n) is 3.09. The van der Waals surface area contributed by atoms with Crippen LogP contribution in [0.5, 0.6) is 5.88 Å². The average molecular weight is 210 g/mol. The third-order valence-corrected chi connectivity index (χ3v) is 2.09. The molecule has 0 radical (unpaired) electrons. The highest BCUT2D eigenvalue weighted by molar-refractivity contribution is 5.73. The van der Waals surface area contributed by atoms with Crippen LogP contribution in [-0.4, -0.2) is 36.3 Å². The number of pyridine rings is 1. The Morgan fingerprint density at radius 1 is 1.67 bits per heavy atom. The molecule has 1 heterocycles. The number of carbonyl (C=O) groups is 1. The normalized spacial score (nSPS) is 12.1. The number of nitrogens with zero attached hydrogens (tertiary/aromatic N) is 1. The predicted molar refractivity (Wildman–Crippen MR) is 55.0 cm³/mol. The summed E-state index contributed by atoms with van der Waals surface area (Å²) >= 11 is 0. The molecular weight excluding hydrogens is 196 g/mol. The number of methoxy groups -OCH3 is 1. The molecule has 0 aromatic carbocycles. The van der Waals surface area contributed by atoms with Crippen molar-refractivity contribution >= 4 is 5.97 Å². The van der Waals surface area contributed by atoms with E-state index in [-0.39, 0.29) is 0 Å². The van der Waals surface area contributed by atoms with Gasteiger partial charge in [0.2, 0.25) is 5.88 Å². The van der Waals surface area contributed by atoms with Gasteiger partial charge >= 0.3 is 5.97 Å². The Labute approximate surface area is 88.1 Å². The van der Waals surface area contributed by atoms with Gasteiger partial charge in [-0.25, -0.2) is 4.98 Å². The van der Waals surface area contributed by atoms with E-state index in [1.165, 1.54) is 7.11 Å². The zero-order valence-corrected chi connectivity index (χ0v) is 8.73. The number of rotatable bonds is 5. The Bertz CT molecular complexity index is 324. The van der Waals surface area contributed by atoms with Crippen LogP contribution in [0.25, 0.3) is 0 Å². The molecule has 5 nitrogen and oxygen atoms in total. The molecular formula is C10H14N2O3. The van der Waals surface area contributed by atoms with Crippen LogP contribution in [0.3, 0.4) is 0 Å². The Kier molecular flexibility index (Phi) is 4.05. The summed E-state index contributed by atoms with van der Waals surface area (Å²) in [4.78, 5) is 14.8. The fraction of sp³-hybridized carbons (Fsp3) is 0.400. The predicted octanol–water partition coefficient (Wildman–Crippen LogP) is 0.305. The quantitative estimate of drug-likeness (QED) is 0.731. The molecule has 0 amide bonds. The van der Waals surface area contributed by atoms with Gasteiger partial charge in [0.05, 0.1) is 7.11 Å². The van der Waals surface area contributed by atoms with E-state index in [0.717, 1.165) is 5.56 Å². The van der Waals surface area contributed by atoms with Crippen molar-refractivity contribution in [3.05, 3.63) is 23.9 Å². The van der Waals surface area contributed by atoms with E-state index < -0.39 is 12.0 Å². The van der Waals surface area contributed by atoms with Crippen LogP contribution in [0, 0.1) is 0 Å². The highest BCUT2D eigenvalue weighted by atomic mass is 16.5. The van der Waals surface area contributed by atoms with Crippen LogP contribution in [0.15, 0.2) is 18.3 Å². The van der Waals surface area contributed by atoms with Crippen LogP contribution in [-0.2, 0) is 11.2 Å². The number of likely N-dealkylation sites (N-methyl/N-ethyl adjacent to an activating group) is 1. The van der Waals surface area contributed by atoms with Gasteiger partial charge in [-0.2, -0.15) is 0 Å². The number of carboxylic acids is 1. The van der Waals surface area contributed by atoms with Gasteiger partial charge in [0.15, 0.2) is 0 Å². The summed E-state index contributed by atoms with van der Waals surface area (Å²) in [5.41, 5.74) is 0.859. The molecule has 5 heteroatoms. The van der Waals surface area contributed by atoms with Crippen molar-refractivity contribution < 1.29 is 14.6 Å². The van der Waals surface area contributed by atoms with E-state index in [0.29, 0.717) is 12.3 Å². The summed E-state index contributed by atoms with van der Waals surface area (Å²) in [6, 6.07) is 2.93. The van der Waals surface area contributed by atoms with Crippen LogP contribution in [0.4, 0.5) is 0 Å². The molecule has 1 aromatic rings. The molecule has 0 fully saturated rings. The first-order chi connectivity index (χ1) is 7.17. The van der Waals surface area contributed by atoms with Crippen LogP contribution in [0.2, 0.25) is 0 Å². The highest BCUT2D eigenvalue weighted by Gasteiger charge is 2.15. The standard InChI is InChI=1S/C10H14N2O3/c1-11-8(10(13)14)5-7-3-4-9(15-2)12-6-7/h3-4,6,8,11H,5H2,1-2H3,(H,13,14). The van der Waals surface area contributed by atoms with Crippen LogP contribution >= 0.6 is 0 Å². The number of aromatic nitrogens is 1. The SMILES string of the molecule is CNC(Cc1ccc(OC)nc1)C(=O)O. The number of ether oxygens (including phenoxy) is 1. The minimum Gasteiger partial charge on any atom is -0.481 e. The largest absolute Gasteiger partial charge is 0.481 e. The molecule has 0 bridgehead atoms. The van der Waals surface area contributed by atoms with Gasteiger partial charge in [0.25, 0.3) is 0 Å². The topological polar surface area (TPSA) is 71.5 Å². The van der Waals surface area contributed by atoms with Gasteiger partial charge in [0, 0.05) is 12.3 Å². The van der Waals surface area contributed by atoms with Gasteiger partial charge in [-0.1, -0.05) is 6.07 Å². The lowest BCUT2D eigenvalue weighted by Gasteiger charge is -2.10. The Hall–Kier alpha value is -1.62. The smallest absolute Gasteiger partial charge is 0.321 e. The first-order valence-corrected chi connectivity index (χ1v) is 4.56. The molecule has 15 heavy (non-hydrogen) atoms. The van der Waals surface area contributed by atoms with Crippen molar-refractivity contribution in [2.24, 2.45) is 0 Å². The maximum atomic E-state index is 10.8. The second-order valence-corrected chi connectivity index (χ2v) is 3.09. The van der Waals surface area contributed by atoms with Crippen molar-refractivity contribution in [2.45, 2.75) is 12.5 Å². The third kappa shape index (κ3) is 3.21. The van der Waals surface area contributed by atoms with E-state index in [1.807, 2.05) is 0 Å². The third-order valence-electron chi connectivity index (χ3n) is 2.09. The molecule has 1 atom stereocenters. The number of hydrogen-bond acceptors (Lipinski definition) is 4. The van der Waals surface area contributed by atoms with E-state index >= 15 is 0 Å². The number of carboxylic acid groups (broad SMARTS) is 1. The summed E-state index contributed by atoms with van der Waals surface area (Å²) in [5.74, 6) is -0.344. The van der Waals surface area contributed by atoms with E-state index in [9.17, 15) is 4.79 Å². The molecule has 0 aliphatic rings. The first-order valence-electron chi connectivity index (χ1n) is 4.56. The van der Waals surface area contributed by atoms with Gasteiger partial charge in [-0.3, -0.25) is 4.79 Å². The van der Waals surface area contributed by atoms with E-state index in [1.54, 1.807) is 25.4 Å². The monoisotopic (exact) mass is 210 g/mol. The first kappa shape index (κ1) is 11.5. The molecule has 0 aliphatic carbocycles. The summed E-state index contributed by atoms with van der Waals surface area (Å²) in [7, 11) is 3.16. The summed E-state index contributed by atoms with van der Waals surface area (Å²) in [6.45, 7) is 0. The maximum absolute atomic E-state index is 10.8. The van der Waals surface area contributed by atoms with Crippen LogP contribution in [0.1, 0.15) is 5.56 Å². The van der Waals surface area contributed by atoms with Crippen molar-refractivity contribution in [3.63, 3.8) is 0 Å². The maximum Gasteiger partial charge on any atom is 0.321 e. The lowest BCUT2D eigenvalue weighted by Crippen LogP contribution is -2.35. The van der Waals surface area contributed by atoms with E-state index in [4.69, 9.17) is 9.84 Å². The zero-order chi connectivity index (χ0) is 11.3. The Morgan fingerprint density at radius 3 is 2.80 bits per heavy atom. The number of nitrogens with one attached hydrogen (secondary N) is 1. The Morgan fingerprint density at radius 2 is 2.40 bits per heavy atom. The lowest BCUT2D eigenvalue weighted by molar-refractivity contribution is -0.139. The molecule has 0 spiro atoms. The fourth-order valence-corrected chi connectivity index (χ4v) is 1.20. The minimum absolute atomic E-state index is 0.406.